The standard InChI is InChI=1S/C17H17N5O4S/c1-11-7-6-10-14(22(23)24)16(11)27(25,26)21-15(13-8-4-3-5-9-13)17-18-12(2)19-20-17/h3-10,15,21H,1-2H3,(H,18,19,20)/t15-/m1/s1. The molecule has 0 aliphatic rings. The number of aromatic amines is 1. The minimum absolute atomic E-state index is 0.221. The van der Waals surface area contributed by atoms with Crippen LogP contribution >= 0.6 is 0 Å². The Bertz CT molecular complexity index is 1080. The van der Waals surface area contributed by atoms with Gasteiger partial charge in [-0.1, -0.05) is 42.5 Å². The van der Waals surface area contributed by atoms with Gasteiger partial charge in [-0.3, -0.25) is 15.2 Å². The number of nitrogens with zero attached hydrogens (tertiary/aromatic N) is 3. The Morgan fingerprint density at radius 3 is 2.41 bits per heavy atom. The van der Waals surface area contributed by atoms with Crippen LogP contribution in [0.25, 0.3) is 0 Å². The molecule has 27 heavy (non-hydrogen) atoms. The van der Waals surface area contributed by atoms with Crippen LogP contribution in [0.3, 0.4) is 0 Å². The number of aromatic nitrogens is 3. The summed E-state index contributed by atoms with van der Waals surface area (Å²) in [6.07, 6.45) is 0. The van der Waals surface area contributed by atoms with Gasteiger partial charge in [-0.25, -0.2) is 13.4 Å². The maximum absolute atomic E-state index is 13.1. The van der Waals surface area contributed by atoms with Gasteiger partial charge in [0, 0.05) is 6.07 Å². The quantitative estimate of drug-likeness (QED) is 0.493. The van der Waals surface area contributed by atoms with E-state index < -0.39 is 26.7 Å². The topological polar surface area (TPSA) is 131 Å². The van der Waals surface area contributed by atoms with Gasteiger partial charge in [0.05, 0.1) is 4.92 Å². The fraction of sp³-hybridized carbons (Fsp3) is 0.176. The molecule has 140 valence electrons. The van der Waals surface area contributed by atoms with Gasteiger partial charge in [-0.15, -0.1) is 0 Å². The first-order valence-electron chi connectivity index (χ1n) is 8.00. The number of aryl methyl sites for hydroxylation is 2. The average Bonchev–Trinajstić information content (AvgIpc) is 3.06. The Kier molecular flexibility index (Phi) is 5.02. The molecule has 2 N–H and O–H groups in total. The number of benzene rings is 2. The largest absolute Gasteiger partial charge is 0.289 e. The van der Waals surface area contributed by atoms with Crippen molar-refractivity contribution >= 4 is 15.7 Å². The normalized spacial score (nSPS) is 12.7. The first-order valence-corrected chi connectivity index (χ1v) is 9.48. The number of hydrogen-bond acceptors (Lipinski definition) is 6. The molecule has 0 unspecified atom stereocenters. The number of nitrogens with one attached hydrogen (secondary N) is 2. The van der Waals surface area contributed by atoms with Gasteiger partial charge in [0.1, 0.15) is 11.9 Å². The second-order valence-corrected chi connectivity index (χ2v) is 7.58. The Morgan fingerprint density at radius 1 is 1.11 bits per heavy atom. The van der Waals surface area contributed by atoms with Gasteiger partial charge in [0.25, 0.3) is 5.69 Å². The number of H-pyrrole nitrogens is 1. The summed E-state index contributed by atoms with van der Waals surface area (Å²) in [4.78, 5) is 14.5. The van der Waals surface area contributed by atoms with Crippen LogP contribution in [0.2, 0.25) is 0 Å². The molecule has 9 nitrogen and oxygen atoms in total. The number of hydrogen-bond donors (Lipinski definition) is 2. The molecule has 0 aliphatic heterocycles. The SMILES string of the molecule is Cc1nc([C@H](NS(=O)(=O)c2c(C)cccc2[N+](=O)[O-])c2ccccc2)n[nH]1. The monoisotopic (exact) mass is 387 g/mol. The number of sulfonamides is 1. The molecule has 10 heteroatoms. The molecule has 0 amide bonds. The molecule has 0 spiro atoms. The van der Waals surface area contributed by atoms with Gasteiger partial charge in [0.15, 0.2) is 10.7 Å². The van der Waals surface area contributed by atoms with Gasteiger partial charge in [0.2, 0.25) is 10.0 Å². The summed E-state index contributed by atoms with van der Waals surface area (Å²) in [6.45, 7) is 3.20. The zero-order valence-corrected chi connectivity index (χ0v) is 15.4. The molecule has 0 saturated carbocycles. The van der Waals surface area contributed by atoms with Crippen LogP contribution in [0.1, 0.15) is 28.8 Å². The Morgan fingerprint density at radius 2 is 1.81 bits per heavy atom. The molecular formula is C17H17N5O4S. The van der Waals surface area contributed by atoms with E-state index in [-0.39, 0.29) is 16.3 Å². The van der Waals surface area contributed by atoms with Crippen molar-refractivity contribution in [3.05, 3.63) is 81.4 Å². The van der Waals surface area contributed by atoms with Crippen molar-refractivity contribution < 1.29 is 13.3 Å². The van der Waals surface area contributed by atoms with E-state index in [1.54, 1.807) is 37.3 Å². The number of nitro groups is 1. The van der Waals surface area contributed by atoms with Crippen LogP contribution in [0.4, 0.5) is 5.69 Å². The summed E-state index contributed by atoms with van der Waals surface area (Å²) in [6, 6.07) is 12.0. The maximum Gasteiger partial charge on any atom is 0.289 e. The molecule has 0 bridgehead atoms. The van der Waals surface area contributed by atoms with E-state index in [0.29, 0.717) is 11.4 Å². The fourth-order valence-corrected chi connectivity index (χ4v) is 4.33. The number of rotatable bonds is 6. The van der Waals surface area contributed by atoms with E-state index in [1.807, 2.05) is 0 Å². The minimum atomic E-state index is -4.24. The third-order valence-corrected chi connectivity index (χ3v) is 5.55. The summed E-state index contributed by atoms with van der Waals surface area (Å²) < 4.78 is 28.6. The summed E-state index contributed by atoms with van der Waals surface area (Å²) in [7, 11) is -4.24. The van der Waals surface area contributed by atoms with Gasteiger partial charge >= 0.3 is 0 Å². The highest BCUT2D eigenvalue weighted by Gasteiger charge is 2.32. The lowest BCUT2D eigenvalue weighted by molar-refractivity contribution is -0.387. The Balaban J connectivity index is 2.10. The van der Waals surface area contributed by atoms with E-state index >= 15 is 0 Å². The second-order valence-electron chi connectivity index (χ2n) is 5.92. The van der Waals surface area contributed by atoms with Crippen LogP contribution in [0.15, 0.2) is 53.4 Å². The molecule has 1 heterocycles. The zero-order chi connectivity index (χ0) is 19.6. The lowest BCUT2D eigenvalue weighted by Gasteiger charge is -2.17. The zero-order valence-electron chi connectivity index (χ0n) is 14.6. The van der Waals surface area contributed by atoms with E-state index in [9.17, 15) is 18.5 Å². The molecule has 0 fully saturated rings. The van der Waals surface area contributed by atoms with Crippen molar-refractivity contribution in [1.82, 2.24) is 19.9 Å². The predicted molar refractivity (Wildman–Crippen MR) is 97.6 cm³/mol. The summed E-state index contributed by atoms with van der Waals surface area (Å²) in [5.74, 6) is 0.741. The van der Waals surface area contributed by atoms with Crippen molar-refractivity contribution in [3.8, 4) is 0 Å². The van der Waals surface area contributed by atoms with Crippen LogP contribution < -0.4 is 4.72 Å². The Labute approximate surface area is 155 Å². The maximum atomic E-state index is 13.1. The van der Waals surface area contributed by atoms with Crippen LogP contribution in [-0.2, 0) is 10.0 Å². The van der Waals surface area contributed by atoms with E-state index in [4.69, 9.17) is 0 Å². The molecule has 0 saturated heterocycles. The lowest BCUT2D eigenvalue weighted by atomic mass is 10.1. The van der Waals surface area contributed by atoms with Crippen LogP contribution in [0.5, 0.6) is 0 Å². The molecule has 0 aliphatic carbocycles. The third-order valence-electron chi connectivity index (χ3n) is 3.94. The average molecular weight is 387 g/mol. The lowest BCUT2D eigenvalue weighted by Crippen LogP contribution is -2.31. The molecular weight excluding hydrogens is 370 g/mol. The fourth-order valence-electron chi connectivity index (χ4n) is 2.75. The van der Waals surface area contributed by atoms with Gasteiger partial charge < -0.3 is 0 Å². The first kappa shape index (κ1) is 18.7. The van der Waals surface area contributed by atoms with E-state index in [0.717, 1.165) is 6.07 Å². The van der Waals surface area contributed by atoms with Crippen molar-refractivity contribution in [1.29, 1.82) is 0 Å². The summed E-state index contributed by atoms with van der Waals surface area (Å²) in [5.41, 5.74) is 0.395. The minimum Gasteiger partial charge on any atom is -0.263 e. The Hall–Kier alpha value is -3.11. The second kappa shape index (κ2) is 7.25. The van der Waals surface area contributed by atoms with Crippen molar-refractivity contribution in [2.45, 2.75) is 24.8 Å². The highest BCUT2D eigenvalue weighted by molar-refractivity contribution is 7.89. The van der Waals surface area contributed by atoms with Crippen molar-refractivity contribution in [2.75, 3.05) is 0 Å². The van der Waals surface area contributed by atoms with Crippen molar-refractivity contribution in [2.24, 2.45) is 0 Å². The predicted octanol–water partition coefficient (Wildman–Crippen LogP) is 2.40. The molecule has 1 aromatic heterocycles. The van der Waals surface area contributed by atoms with Gasteiger partial charge in [-0.2, -0.15) is 9.82 Å². The molecule has 3 aromatic rings. The molecule has 1 atom stereocenters. The summed E-state index contributed by atoms with van der Waals surface area (Å²) >= 11 is 0. The molecule has 0 radical (unpaired) electrons. The molecule has 2 aromatic carbocycles. The van der Waals surface area contributed by atoms with Crippen LogP contribution in [0, 0.1) is 24.0 Å². The van der Waals surface area contributed by atoms with Crippen LogP contribution in [-0.4, -0.2) is 28.5 Å². The smallest absolute Gasteiger partial charge is 0.263 e. The summed E-state index contributed by atoms with van der Waals surface area (Å²) in [5, 5.41) is 18.1. The highest BCUT2D eigenvalue weighted by atomic mass is 32.2. The van der Waals surface area contributed by atoms with Gasteiger partial charge in [-0.05, 0) is 25.0 Å². The molecule has 3 rings (SSSR count). The first-order chi connectivity index (χ1) is 12.8. The highest BCUT2D eigenvalue weighted by Crippen LogP contribution is 2.29. The number of nitro benzene ring substituents is 1. The van der Waals surface area contributed by atoms with E-state index in [1.165, 1.54) is 19.1 Å². The third kappa shape index (κ3) is 3.86. The van der Waals surface area contributed by atoms with Crippen molar-refractivity contribution in [3.63, 3.8) is 0 Å². The van der Waals surface area contributed by atoms with E-state index in [2.05, 4.69) is 19.9 Å².